The van der Waals surface area contributed by atoms with Crippen LogP contribution in [0.4, 0.5) is 0 Å². The summed E-state index contributed by atoms with van der Waals surface area (Å²) in [6.45, 7) is 12.6. The summed E-state index contributed by atoms with van der Waals surface area (Å²) in [5.41, 5.74) is 17.1. The Morgan fingerprint density at radius 1 is 0.302 bits per heavy atom. The lowest BCUT2D eigenvalue weighted by molar-refractivity contribution is 1.24. The van der Waals surface area contributed by atoms with Crippen molar-refractivity contribution in [3.8, 4) is 22.3 Å². The van der Waals surface area contributed by atoms with Gasteiger partial charge in [0.25, 0.3) is 0 Å². The SMILES string of the molecule is C.C.C.C.C.C.C.C.C.C.C.CC.Cc1ccc2c(c1)Cc1cc(C)ccc1-2.Cc1ccc2c(c1)Cc1cc(C)ccc1-2. The van der Waals surface area contributed by atoms with Gasteiger partial charge in [0.2, 0.25) is 0 Å². The average molecular weight is 595 g/mol. The molecule has 4 aromatic carbocycles. The second-order valence-corrected chi connectivity index (χ2v) is 9.00. The van der Waals surface area contributed by atoms with Crippen LogP contribution in [0.2, 0.25) is 0 Å². The van der Waals surface area contributed by atoms with Crippen molar-refractivity contribution in [2.45, 2.75) is 136 Å². The normalized spacial score (nSPS) is 8.79. The van der Waals surface area contributed by atoms with Gasteiger partial charge in [-0.25, -0.2) is 0 Å². The first-order valence-electron chi connectivity index (χ1n) is 11.9. The Bertz CT molecular complexity index is 1070. The fourth-order valence-electron chi connectivity index (χ4n) is 4.94. The summed E-state index contributed by atoms with van der Waals surface area (Å²) in [6.07, 6.45) is 2.21. The molecule has 0 unspecified atom stereocenters. The maximum Gasteiger partial charge on any atom is -0.00133 e. The summed E-state index contributed by atoms with van der Waals surface area (Å²) in [6, 6.07) is 27.1. The molecule has 2 aliphatic carbocycles. The van der Waals surface area contributed by atoms with Gasteiger partial charge in [-0.05, 0) is 85.0 Å². The fraction of sp³-hybridized carbons (Fsp3) is 0.442. The average Bonchev–Trinajstić information content (AvgIpc) is 3.30. The standard InChI is InChI=1S/2C15H14.C2H6.11CH4/c2*1-10-3-5-14-12(7-10)9-13-8-11(2)4-6-15(13)14;1-2;;;;;;;;;;;/h2*3-8H,9H2,1-2H3;1-2H3;11*1H4. The quantitative estimate of drug-likeness (QED) is 0.164. The van der Waals surface area contributed by atoms with Crippen LogP contribution in [0.5, 0.6) is 0 Å². The zero-order valence-electron chi connectivity index (χ0n) is 20.3. The van der Waals surface area contributed by atoms with Crippen LogP contribution in [0.3, 0.4) is 0 Å². The van der Waals surface area contributed by atoms with E-state index in [1.54, 1.807) is 0 Å². The van der Waals surface area contributed by atoms with Crippen LogP contribution in [-0.4, -0.2) is 0 Å². The van der Waals surface area contributed by atoms with Crippen molar-refractivity contribution in [3.05, 3.63) is 117 Å². The van der Waals surface area contributed by atoms with Gasteiger partial charge in [0, 0.05) is 0 Å². The van der Waals surface area contributed by atoms with Crippen LogP contribution < -0.4 is 0 Å². The van der Waals surface area contributed by atoms with Crippen molar-refractivity contribution < 1.29 is 0 Å². The van der Waals surface area contributed by atoms with E-state index >= 15 is 0 Å². The minimum Gasteiger partial charge on any atom is -0.0776 e. The predicted molar refractivity (Wildman–Crippen MR) is 214 cm³/mol. The van der Waals surface area contributed by atoms with Crippen LogP contribution in [0.1, 0.15) is 140 Å². The maximum absolute atomic E-state index is 2.31. The monoisotopic (exact) mass is 595 g/mol. The van der Waals surface area contributed by atoms with E-state index in [4.69, 9.17) is 0 Å². The molecule has 43 heavy (non-hydrogen) atoms. The summed E-state index contributed by atoms with van der Waals surface area (Å²) in [7, 11) is 0. The molecular weight excluding hydrogens is 516 g/mol. The van der Waals surface area contributed by atoms with E-state index in [1.165, 1.54) is 66.8 Å². The second kappa shape index (κ2) is 25.4. The molecule has 4 aromatic rings. The molecule has 250 valence electrons. The van der Waals surface area contributed by atoms with E-state index in [9.17, 15) is 0 Å². The molecule has 0 bridgehead atoms. The first kappa shape index (κ1) is 59.3. The van der Waals surface area contributed by atoms with Crippen LogP contribution >= 0.6 is 0 Å². The summed E-state index contributed by atoms with van der Waals surface area (Å²) in [5, 5.41) is 0. The Hall–Kier alpha value is -3.12. The smallest absolute Gasteiger partial charge is 0.00133 e. The molecular formula is C43H78. The molecule has 0 N–H and O–H groups in total. The molecule has 0 atom stereocenters. The van der Waals surface area contributed by atoms with Crippen molar-refractivity contribution in [3.63, 3.8) is 0 Å². The lowest BCUT2D eigenvalue weighted by Crippen LogP contribution is -1.81. The summed E-state index contributed by atoms with van der Waals surface area (Å²) in [4.78, 5) is 0. The van der Waals surface area contributed by atoms with Gasteiger partial charge >= 0.3 is 0 Å². The van der Waals surface area contributed by atoms with Gasteiger partial charge < -0.3 is 0 Å². The Kier molecular flexibility index (Phi) is 35.0. The summed E-state index contributed by atoms with van der Waals surface area (Å²) in [5.74, 6) is 0. The topological polar surface area (TPSA) is 0 Å². The molecule has 2 aliphatic rings. The van der Waals surface area contributed by atoms with Crippen molar-refractivity contribution in [2.75, 3.05) is 0 Å². The number of hydrogen-bond acceptors (Lipinski definition) is 0. The molecule has 0 amide bonds. The summed E-state index contributed by atoms with van der Waals surface area (Å²) >= 11 is 0. The molecule has 0 heterocycles. The number of aryl methyl sites for hydroxylation is 4. The van der Waals surface area contributed by atoms with Crippen molar-refractivity contribution in [1.82, 2.24) is 0 Å². The molecule has 0 aromatic heterocycles. The first-order chi connectivity index (χ1) is 15.5. The van der Waals surface area contributed by atoms with Gasteiger partial charge in [0.15, 0.2) is 0 Å². The Morgan fingerprint density at radius 3 is 0.628 bits per heavy atom. The van der Waals surface area contributed by atoms with Crippen molar-refractivity contribution in [2.24, 2.45) is 0 Å². The lowest BCUT2D eigenvalue weighted by Gasteiger charge is -2.01. The zero-order chi connectivity index (χ0) is 22.8. The van der Waals surface area contributed by atoms with Gasteiger partial charge in [-0.2, -0.15) is 0 Å². The van der Waals surface area contributed by atoms with E-state index in [1.807, 2.05) is 13.8 Å². The molecule has 0 saturated carbocycles. The molecule has 0 heteroatoms. The highest BCUT2D eigenvalue weighted by Crippen LogP contribution is 2.38. The minimum atomic E-state index is 0. The molecule has 0 nitrogen and oxygen atoms in total. The molecule has 0 fully saturated rings. The van der Waals surface area contributed by atoms with Gasteiger partial charge in [-0.15, -0.1) is 0 Å². The van der Waals surface area contributed by atoms with Crippen molar-refractivity contribution >= 4 is 0 Å². The zero-order valence-corrected chi connectivity index (χ0v) is 20.3. The summed E-state index contributed by atoms with van der Waals surface area (Å²) < 4.78 is 0. The van der Waals surface area contributed by atoms with Gasteiger partial charge in [-0.1, -0.05) is 191 Å². The highest BCUT2D eigenvalue weighted by Gasteiger charge is 2.18. The van der Waals surface area contributed by atoms with Crippen LogP contribution in [-0.2, 0) is 12.8 Å². The van der Waals surface area contributed by atoms with E-state index in [0.29, 0.717) is 0 Å². The lowest BCUT2D eigenvalue weighted by atomic mass is 10.0. The molecule has 0 aliphatic heterocycles. The molecule has 0 radical (unpaired) electrons. The third-order valence-electron chi connectivity index (χ3n) is 6.39. The highest BCUT2D eigenvalue weighted by molar-refractivity contribution is 5.78. The minimum absolute atomic E-state index is 0. The van der Waals surface area contributed by atoms with Crippen LogP contribution in [0, 0.1) is 27.7 Å². The van der Waals surface area contributed by atoms with E-state index in [2.05, 4.69) is 100 Å². The van der Waals surface area contributed by atoms with E-state index < -0.39 is 0 Å². The number of fused-ring (bicyclic) bond motifs is 6. The largest absolute Gasteiger partial charge is 0.0776 e. The highest BCUT2D eigenvalue weighted by atomic mass is 14.2. The molecule has 0 saturated heterocycles. The number of hydrogen-bond donors (Lipinski definition) is 0. The van der Waals surface area contributed by atoms with Gasteiger partial charge in [0.05, 0.1) is 0 Å². The van der Waals surface area contributed by atoms with Crippen LogP contribution in [0.15, 0.2) is 72.8 Å². The fourth-order valence-corrected chi connectivity index (χ4v) is 4.94. The maximum atomic E-state index is 2.31. The Labute approximate surface area is 275 Å². The molecule has 6 rings (SSSR count). The van der Waals surface area contributed by atoms with Crippen molar-refractivity contribution in [1.29, 1.82) is 0 Å². The molecule has 0 spiro atoms. The second-order valence-electron chi connectivity index (χ2n) is 9.00. The third-order valence-corrected chi connectivity index (χ3v) is 6.39. The van der Waals surface area contributed by atoms with E-state index in [-0.39, 0.29) is 81.7 Å². The number of benzene rings is 4. The van der Waals surface area contributed by atoms with Crippen LogP contribution in [0.25, 0.3) is 22.3 Å². The Balaban J connectivity index is -0.0000000723. The van der Waals surface area contributed by atoms with E-state index in [0.717, 1.165) is 12.8 Å². The number of rotatable bonds is 0. The predicted octanol–water partition coefficient (Wildman–Crippen LogP) is 15.8. The third kappa shape index (κ3) is 12.6. The van der Waals surface area contributed by atoms with Gasteiger partial charge in [-0.3, -0.25) is 0 Å². The first-order valence-corrected chi connectivity index (χ1v) is 11.9. The van der Waals surface area contributed by atoms with Gasteiger partial charge in [0.1, 0.15) is 0 Å². The Morgan fingerprint density at radius 2 is 0.465 bits per heavy atom.